The highest BCUT2D eigenvalue weighted by Crippen LogP contribution is 2.35. The second-order valence-corrected chi connectivity index (χ2v) is 5.25. The van der Waals surface area contributed by atoms with Crippen LogP contribution in [-0.4, -0.2) is 8.75 Å². The molecule has 0 unspecified atom stereocenters. The zero-order chi connectivity index (χ0) is 12.7. The molecule has 1 aromatic carbocycles. The second-order valence-electron chi connectivity index (χ2n) is 4.73. The van der Waals surface area contributed by atoms with Gasteiger partial charge in [-0.15, -0.1) is 0 Å². The Morgan fingerprint density at radius 3 is 1.47 bits per heavy atom. The van der Waals surface area contributed by atoms with Crippen molar-refractivity contribution in [2.45, 2.75) is 39.5 Å². The number of benzene rings is 1. The summed E-state index contributed by atoms with van der Waals surface area (Å²) in [6.07, 6.45) is 0. The van der Waals surface area contributed by atoms with Crippen molar-refractivity contribution in [2.24, 2.45) is 0 Å². The van der Waals surface area contributed by atoms with Crippen LogP contribution in [0, 0.1) is 11.6 Å². The first-order valence-corrected chi connectivity index (χ1v) is 6.31. The van der Waals surface area contributed by atoms with E-state index in [1.807, 2.05) is 27.7 Å². The Morgan fingerprint density at radius 2 is 1.18 bits per heavy atom. The fourth-order valence-electron chi connectivity index (χ4n) is 2.04. The van der Waals surface area contributed by atoms with Crippen molar-refractivity contribution >= 4 is 22.8 Å². The highest BCUT2D eigenvalue weighted by molar-refractivity contribution is 7.00. The molecule has 0 radical (unpaired) electrons. The Bertz CT molecular complexity index is 513. The maximum absolute atomic E-state index is 14.0. The van der Waals surface area contributed by atoms with Gasteiger partial charge in [0.1, 0.15) is 11.0 Å². The van der Waals surface area contributed by atoms with E-state index < -0.39 is 11.6 Å². The number of halogens is 2. The van der Waals surface area contributed by atoms with Crippen molar-refractivity contribution in [2.75, 3.05) is 0 Å². The third-order valence-electron chi connectivity index (χ3n) is 2.82. The van der Waals surface area contributed by atoms with Crippen molar-refractivity contribution in [3.8, 4) is 0 Å². The lowest BCUT2D eigenvalue weighted by molar-refractivity contribution is 0.484. The number of rotatable bonds is 2. The van der Waals surface area contributed by atoms with Crippen LogP contribution in [0.25, 0.3) is 11.0 Å². The van der Waals surface area contributed by atoms with E-state index in [1.54, 1.807) is 0 Å². The maximum Gasteiger partial charge on any atom is 0.164 e. The van der Waals surface area contributed by atoms with Gasteiger partial charge >= 0.3 is 0 Å². The summed E-state index contributed by atoms with van der Waals surface area (Å²) in [5, 5.41) is 0. The maximum atomic E-state index is 14.0. The number of hydrogen-bond donors (Lipinski definition) is 0. The first-order valence-electron chi connectivity index (χ1n) is 5.58. The number of aromatic nitrogens is 2. The molecule has 1 aromatic heterocycles. The molecule has 0 saturated heterocycles. The molecular formula is C12H14F2N2S. The van der Waals surface area contributed by atoms with Crippen molar-refractivity contribution in [1.29, 1.82) is 0 Å². The van der Waals surface area contributed by atoms with E-state index in [-0.39, 0.29) is 11.8 Å². The Balaban J connectivity index is 2.92. The van der Waals surface area contributed by atoms with Crippen LogP contribution in [0.2, 0.25) is 0 Å². The minimum absolute atomic E-state index is 0.114. The quantitative estimate of drug-likeness (QED) is 0.804. The van der Waals surface area contributed by atoms with Crippen LogP contribution in [-0.2, 0) is 0 Å². The summed E-state index contributed by atoms with van der Waals surface area (Å²) in [7, 11) is 0. The molecule has 0 aliphatic rings. The van der Waals surface area contributed by atoms with Gasteiger partial charge in [0.05, 0.1) is 11.7 Å². The zero-order valence-electron chi connectivity index (χ0n) is 10.2. The Kier molecular flexibility index (Phi) is 3.12. The van der Waals surface area contributed by atoms with Gasteiger partial charge < -0.3 is 0 Å². The van der Waals surface area contributed by atoms with Crippen LogP contribution in [0.4, 0.5) is 8.78 Å². The van der Waals surface area contributed by atoms with E-state index in [1.165, 1.54) is 0 Å². The molecule has 0 bridgehead atoms. The van der Waals surface area contributed by atoms with Crippen molar-refractivity contribution in [1.82, 2.24) is 8.75 Å². The van der Waals surface area contributed by atoms with E-state index in [9.17, 15) is 8.78 Å². The van der Waals surface area contributed by atoms with Crippen LogP contribution in [0.5, 0.6) is 0 Å². The molecule has 0 N–H and O–H groups in total. The summed E-state index contributed by atoms with van der Waals surface area (Å²) >= 11 is 1.00. The molecule has 0 atom stereocenters. The van der Waals surface area contributed by atoms with E-state index in [4.69, 9.17) is 0 Å². The molecule has 0 aliphatic carbocycles. The van der Waals surface area contributed by atoms with Gasteiger partial charge in [0.25, 0.3) is 0 Å². The molecule has 0 fully saturated rings. The summed E-state index contributed by atoms with van der Waals surface area (Å²) < 4.78 is 36.3. The van der Waals surface area contributed by atoms with E-state index in [2.05, 4.69) is 8.75 Å². The monoisotopic (exact) mass is 256 g/mol. The molecule has 17 heavy (non-hydrogen) atoms. The minimum atomic E-state index is -0.774. The SMILES string of the molecule is CC(C)c1c(F)c(F)c(C(C)C)c2nsnc12. The summed E-state index contributed by atoms with van der Waals surface area (Å²) in [5.74, 6) is -1.78. The van der Waals surface area contributed by atoms with Crippen LogP contribution < -0.4 is 0 Å². The molecule has 92 valence electrons. The largest absolute Gasteiger partial charge is 0.203 e. The van der Waals surface area contributed by atoms with Crippen molar-refractivity contribution < 1.29 is 8.78 Å². The lowest BCUT2D eigenvalue weighted by atomic mass is 9.93. The highest BCUT2D eigenvalue weighted by Gasteiger charge is 2.25. The normalized spacial score (nSPS) is 12.0. The number of hydrogen-bond acceptors (Lipinski definition) is 3. The van der Waals surface area contributed by atoms with Gasteiger partial charge in [-0.2, -0.15) is 8.75 Å². The fourth-order valence-corrected chi connectivity index (χ4v) is 2.61. The zero-order valence-corrected chi connectivity index (χ0v) is 11.0. The van der Waals surface area contributed by atoms with Gasteiger partial charge in [-0.3, -0.25) is 0 Å². The van der Waals surface area contributed by atoms with Crippen LogP contribution in [0.1, 0.15) is 50.7 Å². The van der Waals surface area contributed by atoms with Crippen molar-refractivity contribution in [3.63, 3.8) is 0 Å². The van der Waals surface area contributed by atoms with E-state index in [0.29, 0.717) is 22.2 Å². The number of nitrogens with zero attached hydrogens (tertiary/aromatic N) is 2. The average Bonchev–Trinajstić information content (AvgIpc) is 2.66. The van der Waals surface area contributed by atoms with Crippen LogP contribution >= 0.6 is 11.7 Å². The first kappa shape index (κ1) is 12.4. The predicted molar refractivity (Wildman–Crippen MR) is 65.5 cm³/mol. The van der Waals surface area contributed by atoms with Crippen molar-refractivity contribution in [3.05, 3.63) is 22.8 Å². The molecule has 0 aliphatic heterocycles. The smallest absolute Gasteiger partial charge is 0.164 e. The molecule has 5 heteroatoms. The standard InChI is InChI=1S/C12H14F2N2S/c1-5(2)7-9(13)10(14)8(6(3)4)12-11(7)15-17-16-12/h5-6H,1-4H3. The van der Waals surface area contributed by atoms with Gasteiger partial charge in [-0.05, 0) is 11.8 Å². The van der Waals surface area contributed by atoms with E-state index in [0.717, 1.165) is 11.7 Å². The van der Waals surface area contributed by atoms with Crippen LogP contribution in [0.15, 0.2) is 0 Å². The lowest BCUT2D eigenvalue weighted by Gasteiger charge is -2.14. The van der Waals surface area contributed by atoms with Gasteiger partial charge in [-0.1, -0.05) is 27.7 Å². The molecule has 1 heterocycles. The van der Waals surface area contributed by atoms with Gasteiger partial charge in [0.15, 0.2) is 11.6 Å². The average molecular weight is 256 g/mol. The topological polar surface area (TPSA) is 25.8 Å². The molecule has 2 rings (SSSR count). The number of fused-ring (bicyclic) bond motifs is 1. The first-order chi connectivity index (χ1) is 7.95. The van der Waals surface area contributed by atoms with Crippen LogP contribution in [0.3, 0.4) is 0 Å². The van der Waals surface area contributed by atoms with Gasteiger partial charge in [-0.25, -0.2) is 8.78 Å². The molecular weight excluding hydrogens is 242 g/mol. The summed E-state index contributed by atoms with van der Waals surface area (Å²) in [6.45, 7) is 7.30. The van der Waals surface area contributed by atoms with E-state index >= 15 is 0 Å². The minimum Gasteiger partial charge on any atom is -0.203 e. The summed E-state index contributed by atoms with van der Waals surface area (Å²) in [5.41, 5.74) is 1.67. The van der Waals surface area contributed by atoms with Gasteiger partial charge in [0, 0.05) is 11.1 Å². The Morgan fingerprint density at radius 1 is 0.824 bits per heavy atom. The second kappa shape index (κ2) is 4.29. The highest BCUT2D eigenvalue weighted by atomic mass is 32.1. The molecule has 2 aromatic rings. The summed E-state index contributed by atoms with van der Waals surface area (Å²) in [6, 6.07) is 0. The lowest BCUT2D eigenvalue weighted by Crippen LogP contribution is -2.05. The van der Waals surface area contributed by atoms with Gasteiger partial charge in [0.2, 0.25) is 0 Å². The third-order valence-corrected chi connectivity index (χ3v) is 3.35. The molecule has 0 spiro atoms. The Hall–Kier alpha value is -1.10. The fraction of sp³-hybridized carbons (Fsp3) is 0.500. The molecule has 2 nitrogen and oxygen atoms in total. The molecule has 0 saturated carbocycles. The summed E-state index contributed by atoms with van der Waals surface area (Å²) in [4.78, 5) is 0. The third kappa shape index (κ3) is 1.82. The predicted octanol–water partition coefficient (Wildman–Crippen LogP) is 4.22. The Labute approximate surface area is 103 Å². The molecule has 0 amide bonds.